The lowest BCUT2D eigenvalue weighted by molar-refractivity contribution is -0.0685. The summed E-state index contributed by atoms with van der Waals surface area (Å²) in [7, 11) is 0. The van der Waals surface area contributed by atoms with Gasteiger partial charge < -0.3 is 40.1 Å². The number of hydrogen-bond donors (Lipinski definition) is 6. The predicted molar refractivity (Wildman–Crippen MR) is 98.9 cm³/mol. The van der Waals surface area contributed by atoms with Gasteiger partial charge in [0.05, 0.1) is 18.8 Å². The van der Waals surface area contributed by atoms with Crippen LogP contribution in [0, 0.1) is 0 Å². The second-order valence-electron chi connectivity index (χ2n) is 6.70. The molecule has 3 heterocycles. The molecule has 0 aliphatic carbocycles. The monoisotopic (exact) mass is 480 g/mol. The van der Waals surface area contributed by atoms with E-state index in [9.17, 15) is 40.2 Å². The standard InChI is InChI=1S/C16H21BrN2O10/c17-2-1-6-3-18(14-11(24)9(22)7(4-20)28-14)16(27)19(13(6)26)15-12(25)10(23)8(5-21)29-15/h1-3,7-12,14-15,20-25H,4-5H2/b2-1+/t7-,8-,9-,10-,11-,12+,14-,15?/m1/s1. The number of aromatic nitrogens is 2. The zero-order valence-electron chi connectivity index (χ0n) is 14.9. The SMILES string of the molecule is O=c1c(/C=C/Br)cn([C@@H]2O[C@H](CO)[C@@H](O)[C@H]2O)c(=O)n1C1O[C@H](CO)[C@@H](O)[C@@H]1O. The summed E-state index contributed by atoms with van der Waals surface area (Å²) in [4.78, 5) is 27.2. The van der Waals surface area contributed by atoms with Crippen molar-refractivity contribution in [3.63, 3.8) is 0 Å². The van der Waals surface area contributed by atoms with Gasteiger partial charge in [0.1, 0.15) is 36.6 Å². The first-order chi connectivity index (χ1) is 13.8. The maximum Gasteiger partial charge on any atom is 0.335 e. The highest BCUT2D eigenvalue weighted by Crippen LogP contribution is 2.30. The molecule has 1 aromatic rings. The summed E-state index contributed by atoms with van der Waals surface area (Å²) in [6.45, 7) is -1.28. The van der Waals surface area contributed by atoms with Gasteiger partial charge in [-0.25, -0.2) is 9.36 Å². The number of aliphatic hydroxyl groups is 6. The van der Waals surface area contributed by atoms with Gasteiger partial charge in [0.25, 0.3) is 5.56 Å². The number of aliphatic hydroxyl groups excluding tert-OH is 6. The van der Waals surface area contributed by atoms with Crippen LogP contribution >= 0.6 is 15.9 Å². The second-order valence-corrected chi connectivity index (χ2v) is 7.23. The summed E-state index contributed by atoms with van der Waals surface area (Å²) in [5.74, 6) is 0. The average Bonchev–Trinajstić information content (AvgIpc) is 3.15. The van der Waals surface area contributed by atoms with Crippen LogP contribution in [0.2, 0.25) is 0 Å². The van der Waals surface area contributed by atoms with Crippen LogP contribution < -0.4 is 11.2 Å². The number of nitrogens with zero attached hydrogens (tertiary/aromatic N) is 2. The van der Waals surface area contributed by atoms with Crippen LogP contribution in [0.25, 0.3) is 6.08 Å². The van der Waals surface area contributed by atoms with Gasteiger partial charge in [-0.05, 0) is 11.1 Å². The summed E-state index contributed by atoms with van der Waals surface area (Å²) < 4.78 is 12.0. The molecule has 13 heteroatoms. The molecule has 0 saturated carbocycles. The molecule has 0 amide bonds. The summed E-state index contributed by atoms with van der Waals surface area (Å²) >= 11 is 3.02. The van der Waals surface area contributed by atoms with Crippen molar-refractivity contribution in [1.82, 2.24) is 9.13 Å². The summed E-state index contributed by atoms with van der Waals surface area (Å²) in [5, 5.41) is 58.9. The Kier molecular flexibility index (Phi) is 6.72. The third-order valence-corrected chi connectivity index (χ3v) is 5.24. The van der Waals surface area contributed by atoms with Crippen molar-refractivity contribution in [2.24, 2.45) is 0 Å². The third-order valence-electron chi connectivity index (χ3n) is 4.98. The molecule has 29 heavy (non-hydrogen) atoms. The average molecular weight is 481 g/mol. The molecule has 2 aliphatic heterocycles. The maximum absolute atomic E-state index is 13.0. The van der Waals surface area contributed by atoms with E-state index in [1.807, 2.05) is 0 Å². The first kappa shape index (κ1) is 22.3. The molecular weight excluding hydrogens is 460 g/mol. The Hall–Kier alpha value is -1.42. The number of hydrogen-bond acceptors (Lipinski definition) is 10. The van der Waals surface area contributed by atoms with E-state index in [0.717, 1.165) is 10.8 Å². The molecule has 0 spiro atoms. The van der Waals surface area contributed by atoms with Crippen LogP contribution in [0.3, 0.4) is 0 Å². The Morgan fingerprint density at radius 1 is 0.931 bits per heavy atom. The molecule has 2 fully saturated rings. The van der Waals surface area contributed by atoms with E-state index in [2.05, 4.69) is 15.9 Å². The molecule has 162 valence electrons. The van der Waals surface area contributed by atoms with E-state index in [-0.39, 0.29) is 5.56 Å². The molecule has 2 saturated heterocycles. The molecule has 0 radical (unpaired) electrons. The van der Waals surface area contributed by atoms with Gasteiger partial charge in [-0.2, -0.15) is 0 Å². The van der Waals surface area contributed by atoms with Crippen molar-refractivity contribution in [3.05, 3.63) is 37.6 Å². The zero-order valence-corrected chi connectivity index (χ0v) is 16.4. The zero-order chi connectivity index (χ0) is 21.5. The van der Waals surface area contributed by atoms with E-state index in [0.29, 0.717) is 4.57 Å². The fourth-order valence-electron chi connectivity index (χ4n) is 3.40. The van der Waals surface area contributed by atoms with Gasteiger partial charge in [-0.15, -0.1) is 0 Å². The highest BCUT2D eigenvalue weighted by molar-refractivity contribution is 9.11. The van der Waals surface area contributed by atoms with Crippen molar-refractivity contribution in [2.45, 2.75) is 49.1 Å². The molecule has 6 N–H and O–H groups in total. The van der Waals surface area contributed by atoms with E-state index in [1.165, 1.54) is 11.1 Å². The number of rotatable bonds is 5. The molecule has 0 bridgehead atoms. The van der Waals surface area contributed by atoms with Gasteiger partial charge >= 0.3 is 5.69 Å². The van der Waals surface area contributed by atoms with E-state index < -0.39 is 73.5 Å². The van der Waals surface area contributed by atoms with Gasteiger partial charge in [-0.1, -0.05) is 15.9 Å². The van der Waals surface area contributed by atoms with Crippen LogP contribution in [-0.4, -0.2) is 89.6 Å². The Morgan fingerprint density at radius 2 is 1.45 bits per heavy atom. The lowest BCUT2D eigenvalue weighted by atomic mass is 10.1. The molecule has 2 aliphatic rings. The third kappa shape index (κ3) is 3.73. The van der Waals surface area contributed by atoms with Crippen LogP contribution in [0.15, 0.2) is 20.8 Å². The summed E-state index contributed by atoms with van der Waals surface area (Å²) in [5.41, 5.74) is -2.01. The Labute approximate surface area is 171 Å². The number of ether oxygens (including phenoxy) is 2. The van der Waals surface area contributed by atoms with Gasteiger partial charge in [0, 0.05) is 6.20 Å². The van der Waals surface area contributed by atoms with Gasteiger partial charge in [-0.3, -0.25) is 9.36 Å². The predicted octanol–water partition coefficient (Wildman–Crippen LogP) is -3.40. The molecule has 1 unspecified atom stereocenters. The quantitative estimate of drug-likeness (QED) is 0.248. The first-order valence-electron chi connectivity index (χ1n) is 8.66. The van der Waals surface area contributed by atoms with Crippen LogP contribution in [-0.2, 0) is 9.47 Å². The normalized spacial score (nSPS) is 37.6. The Morgan fingerprint density at radius 3 is 1.93 bits per heavy atom. The van der Waals surface area contributed by atoms with Crippen molar-refractivity contribution in [3.8, 4) is 0 Å². The molecule has 3 rings (SSSR count). The maximum atomic E-state index is 13.0. The Bertz CT molecular complexity index is 885. The minimum absolute atomic E-state index is 0.0723. The highest BCUT2D eigenvalue weighted by Gasteiger charge is 2.47. The van der Waals surface area contributed by atoms with Crippen LogP contribution in [0.4, 0.5) is 0 Å². The molecule has 0 aromatic carbocycles. The van der Waals surface area contributed by atoms with Crippen LogP contribution in [0.1, 0.15) is 18.0 Å². The van der Waals surface area contributed by atoms with Gasteiger partial charge in [0.15, 0.2) is 12.5 Å². The fraction of sp³-hybridized carbons (Fsp3) is 0.625. The summed E-state index contributed by atoms with van der Waals surface area (Å²) in [6, 6.07) is 0. The van der Waals surface area contributed by atoms with Crippen molar-refractivity contribution < 1.29 is 40.1 Å². The molecule has 12 nitrogen and oxygen atoms in total. The van der Waals surface area contributed by atoms with Gasteiger partial charge in [0.2, 0.25) is 0 Å². The largest absolute Gasteiger partial charge is 0.394 e. The smallest absolute Gasteiger partial charge is 0.335 e. The highest BCUT2D eigenvalue weighted by atomic mass is 79.9. The molecule has 1 aromatic heterocycles. The Balaban J connectivity index is 2.15. The van der Waals surface area contributed by atoms with Crippen LogP contribution in [0.5, 0.6) is 0 Å². The van der Waals surface area contributed by atoms with E-state index in [1.54, 1.807) is 0 Å². The lowest BCUT2D eigenvalue weighted by Crippen LogP contribution is -2.48. The molecular formula is C16H21BrN2O10. The lowest BCUT2D eigenvalue weighted by Gasteiger charge is -2.23. The minimum atomic E-state index is -1.69. The van der Waals surface area contributed by atoms with E-state index in [4.69, 9.17) is 9.47 Å². The van der Waals surface area contributed by atoms with Crippen molar-refractivity contribution in [1.29, 1.82) is 0 Å². The topological polar surface area (TPSA) is 184 Å². The first-order valence-corrected chi connectivity index (χ1v) is 9.57. The van der Waals surface area contributed by atoms with Crippen molar-refractivity contribution >= 4 is 22.0 Å². The number of halogens is 1. The minimum Gasteiger partial charge on any atom is -0.394 e. The molecule has 8 atom stereocenters. The fourth-order valence-corrected chi connectivity index (χ4v) is 3.69. The van der Waals surface area contributed by atoms with Crippen molar-refractivity contribution in [2.75, 3.05) is 13.2 Å². The second kappa shape index (κ2) is 8.75. The summed E-state index contributed by atoms with van der Waals surface area (Å²) in [6.07, 6.45) is -9.39. The van der Waals surface area contributed by atoms with E-state index >= 15 is 0 Å².